The zero-order valence-corrected chi connectivity index (χ0v) is 8.83. The largest absolute Gasteiger partial charge is 0.481 e. The van der Waals surface area contributed by atoms with E-state index < -0.39 is 17.9 Å². The number of carboxylic acid groups (broad SMARTS) is 1. The van der Waals surface area contributed by atoms with Crippen LogP contribution in [0.5, 0.6) is 0 Å². The third kappa shape index (κ3) is 3.06. The Morgan fingerprint density at radius 3 is 2.31 bits per heavy atom. The molecule has 2 N–H and O–H groups in total. The molecule has 0 saturated heterocycles. The molecule has 1 aromatic rings. The summed E-state index contributed by atoms with van der Waals surface area (Å²) in [5.74, 6) is -1.66. The van der Waals surface area contributed by atoms with Gasteiger partial charge in [-0.2, -0.15) is 0 Å². The van der Waals surface area contributed by atoms with E-state index in [-0.39, 0.29) is 6.42 Å². The minimum Gasteiger partial charge on any atom is -0.481 e. The zero-order chi connectivity index (χ0) is 12.1. The van der Waals surface area contributed by atoms with E-state index in [2.05, 4.69) is 0 Å². The molecule has 1 aromatic carbocycles. The molecular formula is C11H13NO4. The molecule has 1 amide bonds. The lowest BCUT2D eigenvalue weighted by Crippen LogP contribution is -2.31. The lowest BCUT2D eigenvalue weighted by molar-refractivity contribution is -0.177. The number of rotatable bonds is 4. The summed E-state index contributed by atoms with van der Waals surface area (Å²) in [6.07, 6.45) is -0.333. The summed E-state index contributed by atoms with van der Waals surface area (Å²) in [6, 6.07) is 7.70. The first-order valence-corrected chi connectivity index (χ1v) is 4.77. The second-order valence-electron chi connectivity index (χ2n) is 3.39. The van der Waals surface area contributed by atoms with Crippen molar-refractivity contribution in [1.82, 2.24) is 5.06 Å². The monoisotopic (exact) mass is 223 g/mol. The van der Waals surface area contributed by atoms with E-state index in [1.807, 2.05) is 0 Å². The van der Waals surface area contributed by atoms with Gasteiger partial charge in [0, 0.05) is 6.92 Å². The van der Waals surface area contributed by atoms with Crippen LogP contribution in [0.3, 0.4) is 0 Å². The molecule has 0 radical (unpaired) electrons. The van der Waals surface area contributed by atoms with E-state index in [4.69, 9.17) is 5.11 Å². The van der Waals surface area contributed by atoms with Crippen molar-refractivity contribution in [2.45, 2.75) is 19.4 Å². The number of hydrogen-bond donors (Lipinski definition) is 2. The van der Waals surface area contributed by atoms with Gasteiger partial charge in [0.25, 0.3) is 0 Å². The molecule has 0 heterocycles. The molecular weight excluding hydrogens is 210 g/mol. The smallest absolute Gasteiger partial charge is 0.305 e. The van der Waals surface area contributed by atoms with Gasteiger partial charge in [-0.15, -0.1) is 0 Å². The number of benzene rings is 1. The van der Waals surface area contributed by atoms with Gasteiger partial charge in [-0.05, 0) is 5.56 Å². The summed E-state index contributed by atoms with van der Waals surface area (Å²) in [4.78, 5) is 21.7. The fraction of sp³-hybridized carbons (Fsp3) is 0.273. The van der Waals surface area contributed by atoms with Crippen LogP contribution < -0.4 is 0 Å². The van der Waals surface area contributed by atoms with E-state index >= 15 is 0 Å². The molecule has 0 aliphatic rings. The lowest BCUT2D eigenvalue weighted by Gasteiger charge is -2.23. The first kappa shape index (κ1) is 12.2. The van der Waals surface area contributed by atoms with Crippen molar-refractivity contribution in [2.75, 3.05) is 0 Å². The molecule has 1 atom stereocenters. The van der Waals surface area contributed by atoms with Gasteiger partial charge in [0.2, 0.25) is 5.91 Å². The Morgan fingerprint density at radius 2 is 1.88 bits per heavy atom. The summed E-state index contributed by atoms with van der Waals surface area (Å²) in [7, 11) is 0. The summed E-state index contributed by atoms with van der Waals surface area (Å²) in [5, 5.41) is 18.7. The molecule has 86 valence electrons. The number of hydroxylamine groups is 2. The normalized spacial score (nSPS) is 11.9. The molecule has 0 aliphatic carbocycles. The quantitative estimate of drug-likeness (QED) is 0.598. The summed E-state index contributed by atoms with van der Waals surface area (Å²) in [6.45, 7) is 1.18. The standard InChI is InChI=1S/C11H13NO4/c1-8(13)12(16)10(7-11(14)15)9-5-3-2-4-6-9/h2-6,10,16H,7H2,1H3,(H,14,15). The average Bonchev–Trinajstić information content (AvgIpc) is 2.26. The number of hydrogen-bond acceptors (Lipinski definition) is 3. The second-order valence-corrected chi connectivity index (χ2v) is 3.39. The zero-order valence-electron chi connectivity index (χ0n) is 8.83. The molecule has 1 unspecified atom stereocenters. The van der Waals surface area contributed by atoms with Crippen molar-refractivity contribution in [3.63, 3.8) is 0 Å². The van der Waals surface area contributed by atoms with Gasteiger partial charge >= 0.3 is 5.97 Å². The van der Waals surface area contributed by atoms with Crippen molar-refractivity contribution in [3.8, 4) is 0 Å². The summed E-state index contributed by atoms with van der Waals surface area (Å²) in [5.41, 5.74) is 0.586. The molecule has 16 heavy (non-hydrogen) atoms. The topological polar surface area (TPSA) is 77.8 Å². The minimum atomic E-state index is -1.07. The Bertz CT molecular complexity index is 377. The van der Waals surface area contributed by atoms with Gasteiger partial charge in [-0.25, -0.2) is 5.06 Å². The highest BCUT2D eigenvalue weighted by Gasteiger charge is 2.23. The van der Waals surface area contributed by atoms with Crippen LogP contribution in [0.15, 0.2) is 30.3 Å². The van der Waals surface area contributed by atoms with Crippen LogP contribution in [0.25, 0.3) is 0 Å². The SMILES string of the molecule is CC(=O)N(O)C(CC(=O)O)c1ccccc1. The molecule has 0 spiro atoms. The number of aliphatic carboxylic acids is 1. The van der Waals surface area contributed by atoms with Gasteiger partial charge in [0.15, 0.2) is 0 Å². The van der Waals surface area contributed by atoms with E-state index in [0.29, 0.717) is 10.6 Å². The van der Waals surface area contributed by atoms with Crippen molar-refractivity contribution in [1.29, 1.82) is 0 Å². The summed E-state index contributed by atoms with van der Waals surface area (Å²) >= 11 is 0. The van der Waals surface area contributed by atoms with E-state index in [1.165, 1.54) is 6.92 Å². The molecule has 0 saturated carbocycles. The van der Waals surface area contributed by atoms with Crippen LogP contribution in [0, 0.1) is 0 Å². The Labute approximate surface area is 92.9 Å². The highest BCUT2D eigenvalue weighted by Crippen LogP contribution is 2.22. The van der Waals surface area contributed by atoms with Crippen molar-refractivity contribution >= 4 is 11.9 Å². The predicted molar refractivity (Wildman–Crippen MR) is 55.7 cm³/mol. The number of carboxylic acids is 1. The second kappa shape index (κ2) is 5.27. The molecule has 0 aromatic heterocycles. The Kier molecular flexibility index (Phi) is 4.02. The van der Waals surface area contributed by atoms with Gasteiger partial charge in [0.05, 0.1) is 12.5 Å². The van der Waals surface area contributed by atoms with Gasteiger partial charge in [0.1, 0.15) is 0 Å². The van der Waals surface area contributed by atoms with Crippen LogP contribution in [-0.4, -0.2) is 27.3 Å². The first-order chi connectivity index (χ1) is 7.52. The molecule has 0 fully saturated rings. The number of amides is 1. The fourth-order valence-corrected chi connectivity index (χ4v) is 1.41. The first-order valence-electron chi connectivity index (χ1n) is 4.77. The number of carbonyl (C=O) groups is 2. The predicted octanol–water partition coefficient (Wildman–Crippen LogP) is 1.44. The molecule has 0 bridgehead atoms. The fourth-order valence-electron chi connectivity index (χ4n) is 1.41. The molecule has 5 heteroatoms. The van der Waals surface area contributed by atoms with Crippen LogP contribution in [0.4, 0.5) is 0 Å². The van der Waals surface area contributed by atoms with Crippen LogP contribution in [0.2, 0.25) is 0 Å². The van der Waals surface area contributed by atoms with Gasteiger partial charge in [-0.3, -0.25) is 14.8 Å². The van der Waals surface area contributed by atoms with Crippen molar-refractivity contribution < 1.29 is 19.9 Å². The van der Waals surface area contributed by atoms with Gasteiger partial charge < -0.3 is 5.11 Å². The molecule has 1 rings (SSSR count). The third-order valence-electron chi connectivity index (χ3n) is 2.17. The lowest BCUT2D eigenvalue weighted by atomic mass is 10.0. The maximum absolute atomic E-state index is 11.0. The van der Waals surface area contributed by atoms with Crippen LogP contribution in [0.1, 0.15) is 24.9 Å². The van der Waals surface area contributed by atoms with E-state index in [9.17, 15) is 14.8 Å². The van der Waals surface area contributed by atoms with Crippen LogP contribution >= 0.6 is 0 Å². The number of nitrogens with zero attached hydrogens (tertiary/aromatic N) is 1. The summed E-state index contributed by atoms with van der Waals surface area (Å²) < 4.78 is 0. The van der Waals surface area contributed by atoms with Gasteiger partial charge in [-0.1, -0.05) is 30.3 Å². The Morgan fingerprint density at radius 1 is 1.31 bits per heavy atom. The Hall–Kier alpha value is -1.88. The van der Waals surface area contributed by atoms with Crippen LogP contribution in [-0.2, 0) is 9.59 Å². The maximum Gasteiger partial charge on any atom is 0.305 e. The van der Waals surface area contributed by atoms with Crippen molar-refractivity contribution in [2.24, 2.45) is 0 Å². The average molecular weight is 223 g/mol. The third-order valence-corrected chi connectivity index (χ3v) is 2.17. The number of carbonyl (C=O) groups excluding carboxylic acids is 1. The Balaban J connectivity index is 2.96. The van der Waals surface area contributed by atoms with E-state index in [1.54, 1.807) is 30.3 Å². The highest BCUT2D eigenvalue weighted by molar-refractivity contribution is 5.74. The van der Waals surface area contributed by atoms with E-state index in [0.717, 1.165) is 0 Å². The maximum atomic E-state index is 11.0. The molecule has 5 nitrogen and oxygen atoms in total. The molecule has 0 aliphatic heterocycles. The highest BCUT2D eigenvalue weighted by atomic mass is 16.5. The van der Waals surface area contributed by atoms with Crippen molar-refractivity contribution in [3.05, 3.63) is 35.9 Å². The minimum absolute atomic E-state index is 0.333.